The molecular weight excluding hydrogens is 416 g/mol. The van der Waals surface area contributed by atoms with Crippen molar-refractivity contribution in [3.8, 4) is 0 Å². The van der Waals surface area contributed by atoms with Gasteiger partial charge in [-0.05, 0) is 60.8 Å². The maximum Gasteiger partial charge on any atom is 0.0831 e. The molecule has 5 heteroatoms. The zero-order valence-electron chi connectivity index (χ0n) is 11.9. The lowest BCUT2D eigenvalue weighted by Gasteiger charge is -2.44. The SMILES string of the molecule is OC(c1ccc(Br)cc1Br)C1CCOC2(CCSCC2)C1. The molecule has 0 radical (unpaired) electrons. The smallest absolute Gasteiger partial charge is 0.0831 e. The first-order chi connectivity index (χ1) is 10.1. The topological polar surface area (TPSA) is 29.5 Å². The highest BCUT2D eigenvalue weighted by atomic mass is 79.9. The van der Waals surface area contributed by atoms with Gasteiger partial charge >= 0.3 is 0 Å². The zero-order valence-corrected chi connectivity index (χ0v) is 15.8. The van der Waals surface area contributed by atoms with Crippen molar-refractivity contribution in [2.45, 2.75) is 37.4 Å². The molecule has 2 aliphatic rings. The Balaban J connectivity index is 1.76. The number of benzene rings is 1. The summed E-state index contributed by atoms with van der Waals surface area (Å²) >= 11 is 9.06. The van der Waals surface area contributed by atoms with E-state index in [1.165, 1.54) is 11.5 Å². The number of rotatable bonds is 2. The first-order valence-electron chi connectivity index (χ1n) is 7.44. The molecule has 0 bridgehead atoms. The molecular formula is C16H20Br2O2S. The third-order valence-corrected chi connectivity index (χ3v) is 6.83. The minimum Gasteiger partial charge on any atom is -0.388 e. The standard InChI is InChI=1S/C16H20Br2O2S/c17-12-1-2-13(14(18)9-12)15(19)11-3-6-20-16(10-11)4-7-21-8-5-16/h1-2,9,11,15,19H,3-8,10H2. The lowest BCUT2D eigenvalue weighted by atomic mass is 9.78. The summed E-state index contributed by atoms with van der Waals surface area (Å²) in [4.78, 5) is 0. The van der Waals surface area contributed by atoms with E-state index in [0.717, 1.165) is 46.8 Å². The zero-order chi connectivity index (χ0) is 14.9. The molecule has 2 nitrogen and oxygen atoms in total. The van der Waals surface area contributed by atoms with Gasteiger partial charge in [0.25, 0.3) is 0 Å². The third kappa shape index (κ3) is 3.69. The van der Waals surface area contributed by atoms with Gasteiger partial charge in [0.1, 0.15) is 0 Å². The number of halogens is 2. The van der Waals surface area contributed by atoms with E-state index in [0.29, 0.717) is 5.92 Å². The summed E-state index contributed by atoms with van der Waals surface area (Å²) in [6, 6.07) is 6.01. The van der Waals surface area contributed by atoms with Crippen LogP contribution in [0.2, 0.25) is 0 Å². The van der Waals surface area contributed by atoms with E-state index in [1.54, 1.807) is 0 Å². The molecule has 1 aromatic carbocycles. The van der Waals surface area contributed by atoms with Crippen molar-refractivity contribution in [3.63, 3.8) is 0 Å². The maximum absolute atomic E-state index is 10.8. The summed E-state index contributed by atoms with van der Waals surface area (Å²) in [5.41, 5.74) is 1.02. The van der Waals surface area contributed by atoms with Gasteiger partial charge in [0.05, 0.1) is 11.7 Å². The fourth-order valence-corrected chi connectivity index (χ4v) is 5.94. The van der Waals surface area contributed by atoms with E-state index < -0.39 is 6.10 Å². The first-order valence-corrected chi connectivity index (χ1v) is 10.2. The largest absolute Gasteiger partial charge is 0.388 e. The number of aliphatic hydroxyl groups is 1. The fraction of sp³-hybridized carbons (Fsp3) is 0.625. The predicted molar refractivity (Wildman–Crippen MR) is 94.8 cm³/mol. The highest BCUT2D eigenvalue weighted by Crippen LogP contribution is 2.44. The van der Waals surface area contributed by atoms with Crippen molar-refractivity contribution >= 4 is 43.6 Å². The molecule has 2 fully saturated rings. The van der Waals surface area contributed by atoms with Crippen molar-refractivity contribution in [1.82, 2.24) is 0 Å². The van der Waals surface area contributed by atoms with Crippen LogP contribution >= 0.6 is 43.6 Å². The van der Waals surface area contributed by atoms with E-state index in [4.69, 9.17) is 4.74 Å². The Morgan fingerprint density at radius 3 is 2.76 bits per heavy atom. The van der Waals surface area contributed by atoms with Gasteiger partial charge in [-0.1, -0.05) is 37.9 Å². The fourth-order valence-electron chi connectivity index (χ4n) is 3.42. The summed E-state index contributed by atoms with van der Waals surface area (Å²) < 4.78 is 8.13. The molecule has 116 valence electrons. The predicted octanol–water partition coefficient (Wildman–Crippen LogP) is 4.94. The van der Waals surface area contributed by atoms with Crippen LogP contribution in [-0.2, 0) is 4.74 Å². The Kier molecular flexibility index (Phi) is 5.37. The van der Waals surface area contributed by atoms with Gasteiger partial charge in [-0.3, -0.25) is 0 Å². The van der Waals surface area contributed by atoms with Crippen LogP contribution in [0.15, 0.2) is 27.1 Å². The number of hydrogen-bond acceptors (Lipinski definition) is 3. The van der Waals surface area contributed by atoms with E-state index in [2.05, 4.69) is 31.9 Å². The molecule has 21 heavy (non-hydrogen) atoms. The summed E-state index contributed by atoms with van der Waals surface area (Å²) in [5, 5.41) is 10.8. The summed E-state index contributed by atoms with van der Waals surface area (Å²) in [5.74, 6) is 2.66. The van der Waals surface area contributed by atoms with Crippen LogP contribution in [0.3, 0.4) is 0 Å². The normalized spacial score (nSPS) is 26.7. The molecule has 2 saturated heterocycles. The van der Waals surface area contributed by atoms with Crippen LogP contribution in [-0.4, -0.2) is 28.8 Å². The number of hydrogen-bond donors (Lipinski definition) is 1. The molecule has 2 aliphatic heterocycles. The van der Waals surface area contributed by atoms with E-state index >= 15 is 0 Å². The van der Waals surface area contributed by atoms with Gasteiger partial charge in [0.15, 0.2) is 0 Å². The third-order valence-electron chi connectivity index (χ3n) is 4.66. The van der Waals surface area contributed by atoms with Crippen molar-refractivity contribution in [2.75, 3.05) is 18.1 Å². The quantitative estimate of drug-likeness (QED) is 0.713. The van der Waals surface area contributed by atoms with Crippen LogP contribution in [0, 0.1) is 5.92 Å². The minimum absolute atomic E-state index is 0.0248. The molecule has 1 spiro atoms. The van der Waals surface area contributed by atoms with Crippen molar-refractivity contribution in [2.24, 2.45) is 5.92 Å². The molecule has 0 aliphatic carbocycles. The number of thioether (sulfide) groups is 1. The second-order valence-electron chi connectivity index (χ2n) is 6.01. The van der Waals surface area contributed by atoms with Gasteiger partial charge in [0, 0.05) is 15.6 Å². The molecule has 3 rings (SSSR count). The van der Waals surface area contributed by atoms with E-state index in [9.17, 15) is 5.11 Å². The molecule has 1 aromatic rings. The van der Waals surface area contributed by atoms with Crippen LogP contribution < -0.4 is 0 Å². The number of ether oxygens (including phenoxy) is 1. The Bertz CT molecular complexity index is 498. The summed E-state index contributed by atoms with van der Waals surface area (Å²) in [6.07, 6.45) is 3.77. The molecule has 2 atom stereocenters. The van der Waals surface area contributed by atoms with Gasteiger partial charge in [0.2, 0.25) is 0 Å². The Hall–Kier alpha value is 0.450. The summed E-state index contributed by atoms with van der Waals surface area (Å²) in [6.45, 7) is 0.778. The van der Waals surface area contributed by atoms with Crippen molar-refractivity contribution in [3.05, 3.63) is 32.7 Å². The van der Waals surface area contributed by atoms with Gasteiger partial charge in [-0.2, -0.15) is 11.8 Å². The van der Waals surface area contributed by atoms with Crippen LogP contribution in [0.5, 0.6) is 0 Å². The van der Waals surface area contributed by atoms with Crippen LogP contribution in [0.25, 0.3) is 0 Å². The highest BCUT2D eigenvalue weighted by Gasteiger charge is 2.41. The average molecular weight is 436 g/mol. The molecule has 2 heterocycles. The van der Waals surface area contributed by atoms with Crippen molar-refractivity contribution < 1.29 is 9.84 Å². The molecule has 0 saturated carbocycles. The maximum atomic E-state index is 10.8. The lowest BCUT2D eigenvalue weighted by molar-refractivity contribution is -0.121. The van der Waals surface area contributed by atoms with E-state index in [-0.39, 0.29) is 5.60 Å². The first kappa shape index (κ1) is 16.3. The molecule has 0 amide bonds. The lowest BCUT2D eigenvalue weighted by Crippen LogP contribution is -2.44. The summed E-state index contributed by atoms with van der Waals surface area (Å²) in [7, 11) is 0. The van der Waals surface area contributed by atoms with Crippen LogP contribution in [0.1, 0.15) is 37.4 Å². The molecule has 1 N–H and O–H groups in total. The van der Waals surface area contributed by atoms with Gasteiger partial charge in [-0.25, -0.2) is 0 Å². The van der Waals surface area contributed by atoms with E-state index in [1.807, 2.05) is 30.0 Å². The average Bonchev–Trinajstić information content (AvgIpc) is 2.47. The number of aliphatic hydroxyl groups excluding tert-OH is 1. The second kappa shape index (κ2) is 6.91. The second-order valence-corrected chi connectivity index (χ2v) is 9.00. The minimum atomic E-state index is -0.414. The molecule has 2 unspecified atom stereocenters. The van der Waals surface area contributed by atoms with Gasteiger partial charge < -0.3 is 9.84 Å². The van der Waals surface area contributed by atoms with Crippen molar-refractivity contribution in [1.29, 1.82) is 0 Å². The molecule has 0 aromatic heterocycles. The monoisotopic (exact) mass is 434 g/mol. The Morgan fingerprint density at radius 2 is 2.05 bits per heavy atom. The Morgan fingerprint density at radius 1 is 1.29 bits per heavy atom. The Labute approximate surface area is 147 Å². The highest BCUT2D eigenvalue weighted by molar-refractivity contribution is 9.11. The van der Waals surface area contributed by atoms with Crippen LogP contribution in [0.4, 0.5) is 0 Å². The van der Waals surface area contributed by atoms with Gasteiger partial charge in [-0.15, -0.1) is 0 Å².